The summed E-state index contributed by atoms with van der Waals surface area (Å²) in [6, 6.07) is 17.9. The van der Waals surface area contributed by atoms with E-state index in [0.717, 1.165) is 32.2 Å². The maximum Gasteiger partial charge on any atom is 0.254 e. The molecule has 2 fully saturated rings. The Bertz CT molecular complexity index is 1380. The van der Waals surface area contributed by atoms with Gasteiger partial charge in [-0.1, -0.05) is 54.6 Å². The highest BCUT2D eigenvalue weighted by Crippen LogP contribution is 2.52. The van der Waals surface area contributed by atoms with Gasteiger partial charge in [0.2, 0.25) is 0 Å². The lowest BCUT2D eigenvalue weighted by Crippen LogP contribution is -2.28. The summed E-state index contributed by atoms with van der Waals surface area (Å²) < 4.78 is 12.4. The first-order valence-corrected chi connectivity index (χ1v) is 12.4. The Morgan fingerprint density at radius 1 is 1.00 bits per heavy atom. The fourth-order valence-corrected chi connectivity index (χ4v) is 6.04. The van der Waals surface area contributed by atoms with Crippen LogP contribution < -0.4 is 9.47 Å². The van der Waals surface area contributed by atoms with E-state index in [2.05, 4.69) is 51.4 Å². The quantitative estimate of drug-likeness (QED) is 0.245. The van der Waals surface area contributed by atoms with Crippen LogP contribution in [-0.4, -0.2) is 30.1 Å². The molecular formula is C28H23BrN2O4. The number of nitrogens with zero attached hydrogens (tertiary/aromatic N) is 2. The summed E-state index contributed by atoms with van der Waals surface area (Å²) >= 11 is 3.57. The van der Waals surface area contributed by atoms with Crippen LogP contribution >= 0.6 is 15.9 Å². The van der Waals surface area contributed by atoms with Crippen LogP contribution in [0.25, 0.3) is 10.8 Å². The van der Waals surface area contributed by atoms with Crippen molar-refractivity contribution in [3.05, 3.63) is 82.3 Å². The number of carbonyl (C=O) groups is 2. The van der Waals surface area contributed by atoms with Crippen LogP contribution in [-0.2, 0) is 16.2 Å². The maximum atomic E-state index is 12.9. The van der Waals surface area contributed by atoms with Gasteiger partial charge in [-0.05, 0) is 62.7 Å². The number of ether oxygens (including phenoxy) is 2. The van der Waals surface area contributed by atoms with Crippen molar-refractivity contribution in [1.82, 2.24) is 5.01 Å². The number of fused-ring (bicyclic) bond motifs is 6. The Morgan fingerprint density at radius 2 is 1.71 bits per heavy atom. The van der Waals surface area contributed by atoms with Crippen LogP contribution in [0.1, 0.15) is 17.5 Å². The molecule has 3 aliphatic rings. The predicted molar refractivity (Wildman–Crippen MR) is 136 cm³/mol. The van der Waals surface area contributed by atoms with E-state index in [0.29, 0.717) is 23.7 Å². The summed E-state index contributed by atoms with van der Waals surface area (Å²) in [6.07, 6.45) is 6.56. The van der Waals surface area contributed by atoms with Gasteiger partial charge in [-0.2, -0.15) is 10.1 Å². The molecule has 3 aromatic carbocycles. The molecule has 2 amide bonds. The minimum atomic E-state index is -0.266. The van der Waals surface area contributed by atoms with Crippen LogP contribution in [0, 0.1) is 23.7 Å². The number of hydrazone groups is 1. The van der Waals surface area contributed by atoms with E-state index < -0.39 is 0 Å². The van der Waals surface area contributed by atoms with Gasteiger partial charge in [0.1, 0.15) is 6.61 Å². The molecule has 4 atom stereocenters. The summed E-state index contributed by atoms with van der Waals surface area (Å²) in [6.45, 7) is 0.382. The van der Waals surface area contributed by atoms with Gasteiger partial charge in [0.15, 0.2) is 11.5 Å². The molecule has 0 N–H and O–H groups in total. The number of methoxy groups -OCH3 is 1. The van der Waals surface area contributed by atoms with Gasteiger partial charge in [0.25, 0.3) is 11.8 Å². The topological polar surface area (TPSA) is 68.2 Å². The van der Waals surface area contributed by atoms with Crippen molar-refractivity contribution in [3.8, 4) is 11.5 Å². The predicted octanol–water partition coefficient (Wildman–Crippen LogP) is 5.33. The van der Waals surface area contributed by atoms with E-state index in [9.17, 15) is 9.59 Å². The largest absolute Gasteiger partial charge is 0.493 e. The van der Waals surface area contributed by atoms with Gasteiger partial charge < -0.3 is 9.47 Å². The minimum absolute atomic E-state index is 0.159. The Morgan fingerprint density at radius 3 is 2.46 bits per heavy atom. The van der Waals surface area contributed by atoms with Crippen LogP contribution in [0.4, 0.5) is 0 Å². The SMILES string of the molecule is COc1cc(C=NN2C(=O)[C@@H]3[C@H](C2=O)[C@H]2C=C[C@H]3C2)c(Br)cc1OCc1cccc2ccccc12. The third-order valence-electron chi connectivity index (χ3n) is 7.31. The first kappa shape index (κ1) is 22.0. The molecule has 0 aromatic heterocycles. The number of benzene rings is 3. The summed E-state index contributed by atoms with van der Waals surface area (Å²) in [4.78, 5) is 25.8. The molecule has 1 heterocycles. The Balaban J connectivity index is 1.22. The number of allylic oxidation sites excluding steroid dienone is 2. The minimum Gasteiger partial charge on any atom is -0.493 e. The summed E-state index contributed by atoms with van der Waals surface area (Å²) in [7, 11) is 1.58. The van der Waals surface area contributed by atoms with Gasteiger partial charge in [-0.3, -0.25) is 9.59 Å². The molecule has 0 spiro atoms. The molecule has 176 valence electrons. The van der Waals surface area contributed by atoms with E-state index in [4.69, 9.17) is 9.47 Å². The van der Waals surface area contributed by atoms with Crippen LogP contribution in [0.5, 0.6) is 11.5 Å². The summed E-state index contributed by atoms with van der Waals surface area (Å²) in [5.41, 5.74) is 1.75. The van der Waals surface area contributed by atoms with E-state index in [-0.39, 0.29) is 35.5 Å². The molecule has 0 radical (unpaired) electrons. The molecule has 2 aliphatic carbocycles. The second-order valence-electron chi connectivity index (χ2n) is 9.18. The van der Waals surface area contributed by atoms with Crippen LogP contribution in [0.15, 0.2) is 76.3 Å². The molecule has 3 aromatic rings. The van der Waals surface area contributed by atoms with Gasteiger partial charge in [-0.15, -0.1) is 0 Å². The standard InChI is InChI=1S/C28H23BrN2O4/c1-34-23-12-20(14-30-31-27(32)25-17-9-10-18(11-17)26(25)28(31)33)22(29)13-24(23)35-15-19-7-4-6-16-5-2-3-8-21(16)19/h2-10,12-14,17-18,25-26H,11,15H2,1H3/t17-,18-,25-,26+/m0/s1. The first-order valence-electron chi connectivity index (χ1n) is 11.6. The van der Waals surface area contributed by atoms with Gasteiger partial charge >= 0.3 is 0 Å². The highest BCUT2D eigenvalue weighted by atomic mass is 79.9. The Hall–Kier alpha value is -3.45. The smallest absolute Gasteiger partial charge is 0.254 e. The highest BCUT2D eigenvalue weighted by molar-refractivity contribution is 9.10. The Kier molecular flexibility index (Phi) is 5.44. The number of hydrogen-bond acceptors (Lipinski definition) is 5. The average molecular weight is 531 g/mol. The lowest BCUT2D eigenvalue weighted by Gasteiger charge is -2.14. The van der Waals surface area contributed by atoms with E-state index in [1.54, 1.807) is 13.2 Å². The molecular weight excluding hydrogens is 508 g/mol. The third-order valence-corrected chi connectivity index (χ3v) is 7.99. The molecule has 2 bridgehead atoms. The lowest BCUT2D eigenvalue weighted by molar-refractivity contribution is -0.140. The molecule has 1 aliphatic heterocycles. The number of hydrogen-bond donors (Lipinski definition) is 0. The first-order chi connectivity index (χ1) is 17.0. The number of carbonyl (C=O) groups excluding carboxylic acids is 2. The maximum absolute atomic E-state index is 12.9. The molecule has 1 saturated carbocycles. The van der Waals surface area contributed by atoms with Crippen molar-refractivity contribution in [2.45, 2.75) is 13.0 Å². The van der Waals surface area contributed by atoms with Crippen molar-refractivity contribution in [3.63, 3.8) is 0 Å². The molecule has 6 rings (SSSR count). The van der Waals surface area contributed by atoms with Crippen LogP contribution in [0.2, 0.25) is 0 Å². The van der Waals surface area contributed by atoms with E-state index >= 15 is 0 Å². The monoisotopic (exact) mass is 530 g/mol. The zero-order valence-electron chi connectivity index (χ0n) is 19.1. The van der Waals surface area contributed by atoms with Gasteiger partial charge in [-0.25, -0.2) is 0 Å². The second-order valence-corrected chi connectivity index (χ2v) is 10.0. The van der Waals surface area contributed by atoms with Crippen molar-refractivity contribution < 1.29 is 19.1 Å². The number of amides is 2. The molecule has 1 saturated heterocycles. The molecule has 0 unspecified atom stereocenters. The lowest BCUT2D eigenvalue weighted by atomic mass is 9.85. The molecule has 6 nitrogen and oxygen atoms in total. The number of halogens is 1. The summed E-state index contributed by atoms with van der Waals surface area (Å²) in [5, 5.41) is 7.63. The number of rotatable bonds is 6. The van der Waals surface area contributed by atoms with Gasteiger partial charge in [0.05, 0.1) is 25.2 Å². The van der Waals surface area contributed by atoms with Crippen LogP contribution in [0.3, 0.4) is 0 Å². The van der Waals surface area contributed by atoms with Crippen molar-refractivity contribution in [2.75, 3.05) is 7.11 Å². The fraction of sp³-hybridized carbons (Fsp3) is 0.250. The Labute approximate surface area is 211 Å². The van der Waals surface area contributed by atoms with E-state index in [1.165, 1.54) is 6.21 Å². The summed E-state index contributed by atoms with van der Waals surface area (Å²) in [5.74, 6) is 0.494. The van der Waals surface area contributed by atoms with Crippen molar-refractivity contribution in [2.24, 2.45) is 28.8 Å². The second kappa shape index (κ2) is 8.64. The van der Waals surface area contributed by atoms with Crippen molar-refractivity contribution >= 4 is 44.7 Å². The zero-order chi connectivity index (χ0) is 24.1. The van der Waals surface area contributed by atoms with E-state index in [1.807, 2.05) is 30.3 Å². The molecule has 7 heteroatoms. The molecule has 35 heavy (non-hydrogen) atoms. The number of imide groups is 1. The average Bonchev–Trinajstić information content (AvgIpc) is 3.56. The van der Waals surface area contributed by atoms with Gasteiger partial charge in [0, 0.05) is 10.0 Å². The fourth-order valence-electron chi connectivity index (χ4n) is 5.62. The highest BCUT2D eigenvalue weighted by Gasteiger charge is 2.59. The third kappa shape index (κ3) is 3.65. The normalized spacial score (nSPS) is 24.7. The zero-order valence-corrected chi connectivity index (χ0v) is 20.6. The van der Waals surface area contributed by atoms with Crippen molar-refractivity contribution in [1.29, 1.82) is 0 Å².